The Hall–Kier alpha value is -0.780. The van der Waals surface area contributed by atoms with Crippen molar-refractivity contribution in [1.82, 2.24) is 5.32 Å². The van der Waals surface area contributed by atoms with Gasteiger partial charge in [-0.2, -0.15) is 0 Å². The van der Waals surface area contributed by atoms with Gasteiger partial charge in [0.25, 0.3) is 0 Å². The van der Waals surface area contributed by atoms with Gasteiger partial charge in [-0.3, -0.25) is 4.79 Å². The number of aromatic hydroxyl groups is 1. The minimum absolute atomic E-state index is 0.0165. The van der Waals surface area contributed by atoms with Gasteiger partial charge in [-0.15, -0.1) is 0 Å². The molecule has 3 nitrogen and oxygen atoms in total. The number of phenols is 1. The molecule has 0 radical (unpaired) electrons. The van der Waals surface area contributed by atoms with Gasteiger partial charge in [0.2, 0.25) is 5.91 Å². The number of halogens is 1. The van der Waals surface area contributed by atoms with Gasteiger partial charge in [-0.1, -0.05) is 12.1 Å². The first-order valence-electron chi connectivity index (χ1n) is 4.45. The Bertz CT molecular complexity index is 378. The molecule has 4 heteroatoms. The molecule has 1 aromatic rings. The van der Waals surface area contributed by atoms with Crippen LogP contribution in [0.5, 0.6) is 5.75 Å². The first kappa shape index (κ1) is 9.76. The minimum Gasteiger partial charge on any atom is -0.506 e. The zero-order valence-corrected chi connectivity index (χ0v) is 9.61. The predicted octanol–water partition coefficient (Wildman–Crippen LogP) is 1.95. The van der Waals surface area contributed by atoms with Gasteiger partial charge in [0, 0.05) is 12.0 Å². The van der Waals surface area contributed by atoms with Crippen LogP contribution in [0.2, 0.25) is 0 Å². The van der Waals surface area contributed by atoms with E-state index in [9.17, 15) is 9.90 Å². The molecule has 14 heavy (non-hydrogen) atoms. The molecule has 1 saturated heterocycles. The monoisotopic (exact) mass is 303 g/mol. The van der Waals surface area contributed by atoms with Crippen LogP contribution in [-0.2, 0) is 4.79 Å². The van der Waals surface area contributed by atoms with Crippen molar-refractivity contribution in [1.29, 1.82) is 0 Å². The van der Waals surface area contributed by atoms with E-state index in [1.54, 1.807) is 0 Å². The molecule has 1 atom stereocenters. The van der Waals surface area contributed by atoms with E-state index < -0.39 is 0 Å². The van der Waals surface area contributed by atoms with Crippen molar-refractivity contribution in [2.75, 3.05) is 0 Å². The van der Waals surface area contributed by atoms with Gasteiger partial charge in [-0.05, 0) is 35.1 Å². The van der Waals surface area contributed by atoms with E-state index in [0.717, 1.165) is 15.6 Å². The summed E-state index contributed by atoms with van der Waals surface area (Å²) < 4.78 is 0.821. The third-order valence-corrected chi connectivity index (χ3v) is 3.26. The highest BCUT2D eigenvalue weighted by atomic mass is 127. The molecule has 74 valence electrons. The lowest BCUT2D eigenvalue weighted by Crippen LogP contribution is -2.18. The van der Waals surface area contributed by atoms with Crippen LogP contribution in [0.3, 0.4) is 0 Å². The maximum Gasteiger partial charge on any atom is 0.220 e. The van der Waals surface area contributed by atoms with Crippen molar-refractivity contribution in [2.45, 2.75) is 18.9 Å². The Balaban J connectivity index is 2.32. The first-order valence-corrected chi connectivity index (χ1v) is 5.53. The largest absolute Gasteiger partial charge is 0.506 e. The average molecular weight is 303 g/mol. The lowest BCUT2D eigenvalue weighted by atomic mass is 10.0. The molecular formula is C10H10INO2. The number of benzene rings is 1. The van der Waals surface area contributed by atoms with Crippen molar-refractivity contribution in [3.63, 3.8) is 0 Å². The minimum atomic E-state index is -0.0165. The summed E-state index contributed by atoms with van der Waals surface area (Å²) in [6.45, 7) is 0. The lowest BCUT2D eigenvalue weighted by molar-refractivity contribution is -0.119. The molecule has 1 fully saturated rings. The highest BCUT2D eigenvalue weighted by Gasteiger charge is 2.24. The third kappa shape index (κ3) is 1.70. The molecular weight excluding hydrogens is 293 g/mol. The van der Waals surface area contributed by atoms with Crippen LogP contribution in [0.4, 0.5) is 0 Å². The number of phenolic OH excluding ortho intramolecular Hbond substituents is 1. The van der Waals surface area contributed by atoms with Crippen molar-refractivity contribution < 1.29 is 9.90 Å². The number of hydrogen-bond acceptors (Lipinski definition) is 2. The summed E-state index contributed by atoms with van der Waals surface area (Å²) in [5, 5.41) is 12.6. The van der Waals surface area contributed by atoms with Crippen molar-refractivity contribution >= 4 is 28.5 Å². The zero-order valence-electron chi connectivity index (χ0n) is 7.46. The summed E-state index contributed by atoms with van der Waals surface area (Å²) in [4.78, 5) is 11.0. The van der Waals surface area contributed by atoms with Gasteiger partial charge in [0.05, 0.1) is 9.61 Å². The van der Waals surface area contributed by atoms with E-state index in [2.05, 4.69) is 27.9 Å². The molecule has 1 amide bonds. The Morgan fingerprint density at radius 3 is 2.93 bits per heavy atom. The predicted molar refractivity (Wildman–Crippen MR) is 60.9 cm³/mol. The van der Waals surface area contributed by atoms with E-state index >= 15 is 0 Å². The number of rotatable bonds is 1. The van der Waals surface area contributed by atoms with Gasteiger partial charge in [0.1, 0.15) is 5.75 Å². The van der Waals surface area contributed by atoms with Crippen LogP contribution in [-0.4, -0.2) is 11.0 Å². The Morgan fingerprint density at radius 2 is 2.29 bits per heavy atom. The second-order valence-electron chi connectivity index (χ2n) is 3.34. The summed E-state index contributed by atoms with van der Waals surface area (Å²) in [6, 6.07) is 5.57. The number of nitrogens with one attached hydrogen (secondary N) is 1. The first-order chi connectivity index (χ1) is 6.68. The maximum absolute atomic E-state index is 11.0. The van der Waals surface area contributed by atoms with Gasteiger partial charge < -0.3 is 10.4 Å². The summed E-state index contributed by atoms with van der Waals surface area (Å²) in [5.41, 5.74) is 0.822. The molecule has 0 bridgehead atoms. The Kier molecular flexibility index (Phi) is 2.62. The molecule has 2 rings (SSSR count). The number of carbonyl (C=O) groups excluding carboxylic acids is 1. The van der Waals surface area contributed by atoms with Crippen molar-refractivity contribution in [2.24, 2.45) is 0 Å². The second-order valence-corrected chi connectivity index (χ2v) is 4.50. The molecule has 1 aliphatic rings. The zero-order chi connectivity index (χ0) is 10.1. The highest BCUT2D eigenvalue weighted by molar-refractivity contribution is 14.1. The summed E-state index contributed by atoms with van der Waals surface area (Å²) >= 11 is 2.08. The van der Waals surface area contributed by atoms with E-state index in [1.807, 2.05) is 18.2 Å². The second kappa shape index (κ2) is 3.76. The standard InChI is InChI=1S/C10H10INO2/c11-7-3-1-2-6(10(7)14)8-4-5-9(13)12-8/h1-3,8,14H,4-5H2,(H,12,13)/t8-/m0/s1. The van der Waals surface area contributed by atoms with Gasteiger partial charge >= 0.3 is 0 Å². The SMILES string of the molecule is O=C1CC[C@@H](c2cccc(I)c2O)N1. The van der Waals surface area contributed by atoms with E-state index in [0.29, 0.717) is 12.2 Å². The number of hydrogen-bond donors (Lipinski definition) is 2. The summed E-state index contributed by atoms with van der Waals surface area (Å²) in [5.74, 6) is 0.355. The maximum atomic E-state index is 11.0. The van der Waals surface area contributed by atoms with Crippen LogP contribution in [0.25, 0.3) is 0 Å². The molecule has 0 saturated carbocycles. The molecule has 0 aliphatic carbocycles. The van der Waals surface area contributed by atoms with Crippen LogP contribution in [0.15, 0.2) is 18.2 Å². The van der Waals surface area contributed by atoms with Crippen LogP contribution >= 0.6 is 22.6 Å². The molecule has 1 aliphatic heterocycles. The van der Waals surface area contributed by atoms with E-state index in [-0.39, 0.29) is 11.9 Å². The Morgan fingerprint density at radius 1 is 1.50 bits per heavy atom. The average Bonchev–Trinajstić information content (AvgIpc) is 2.57. The van der Waals surface area contributed by atoms with Crippen molar-refractivity contribution in [3.8, 4) is 5.75 Å². The van der Waals surface area contributed by atoms with Gasteiger partial charge in [0.15, 0.2) is 0 Å². The van der Waals surface area contributed by atoms with Crippen LogP contribution in [0, 0.1) is 3.57 Å². The normalized spacial score (nSPS) is 20.9. The molecule has 0 aromatic heterocycles. The van der Waals surface area contributed by atoms with Crippen LogP contribution in [0.1, 0.15) is 24.4 Å². The molecule has 0 spiro atoms. The number of para-hydroxylation sites is 1. The Labute approximate surface area is 95.7 Å². The fraction of sp³-hybridized carbons (Fsp3) is 0.300. The highest BCUT2D eigenvalue weighted by Crippen LogP contribution is 2.33. The fourth-order valence-electron chi connectivity index (χ4n) is 1.66. The van der Waals surface area contributed by atoms with E-state index in [1.165, 1.54) is 0 Å². The molecule has 1 heterocycles. The molecule has 1 aromatic carbocycles. The molecule has 2 N–H and O–H groups in total. The fourth-order valence-corrected chi connectivity index (χ4v) is 2.18. The smallest absolute Gasteiger partial charge is 0.220 e. The summed E-state index contributed by atoms with van der Waals surface area (Å²) in [6.07, 6.45) is 1.32. The quantitative estimate of drug-likeness (QED) is 0.779. The van der Waals surface area contributed by atoms with Crippen molar-refractivity contribution in [3.05, 3.63) is 27.3 Å². The van der Waals surface area contributed by atoms with Crippen LogP contribution < -0.4 is 5.32 Å². The number of amides is 1. The topological polar surface area (TPSA) is 49.3 Å². The van der Waals surface area contributed by atoms with Gasteiger partial charge in [-0.25, -0.2) is 0 Å². The third-order valence-electron chi connectivity index (χ3n) is 2.39. The summed E-state index contributed by atoms with van der Waals surface area (Å²) in [7, 11) is 0. The lowest BCUT2D eigenvalue weighted by Gasteiger charge is -2.12. The van der Waals surface area contributed by atoms with E-state index in [4.69, 9.17) is 0 Å². The molecule has 0 unspecified atom stereocenters. The number of carbonyl (C=O) groups is 1.